The van der Waals surface area contributed by atoms with Gasteiger partial charge in [0.25, 0.3) is 0 Å². The summed E-state index contributed by atoms with van der Waals surface area (Å²) in [4.78, 5) is 51.2. The van der Waals surface area contributed by atoms with Crippen LogP contribution in [0.1, 0.15) is 74.2 Å². The average molecular weight is 549 g/mol. The second-order valence-electron chi connectivity index (χ2n) is 13.0. The van der Waals surface area contributed by atoms with E-state index in [2.05, 4.69) is 0 Å². The Kier molecular flexibility index (Phi) is 8.82. The average Bonchev–Trinajstić information content (AvgIpc) is 3.14. The number of benzene rings is 1. The Morgan fingerprint density at radius 2 is 1.36 bits per heavy atom. The van der Waals surface area contributed by atoms with Gasteiger partial charge >= 0.3 is 23.9 Å². The molecule has 0 radical (unpaired) electrons. The fourth-order valence-corrected chi connectivity index (χ4v) is 3.73. The third-order valence-electron chi connectivity index (χ3n) is 6.14. The summed E-state index contributed by atoms with van der Waals surface area (Å²) in [6.07, 6.45) is -6.82. The van der Waals surface area contributed by atoms with Crippen molar-refractivity contribution in [1.82, 2.24) is 0 Å². The van der Waals surface area contributed by atoms with E-state index in [-0.39, 0.29) is 6.61 Å². The molecule has 3 rings (SSSR count). The lowest BCUT2D eigenvalue weighted by atomic mass is 9.95. The number of carbonyl (C=O) groups is 4. The summed E-state index contributed by atoms with van der Waals surface area (Å²) >= 11 is 0. The van der Waals surface area contributed by atoms with Gasteiger partial charge in [-0.25, -0.2) is 4.79 Å². The van der Waals surface area contributed by atoms with Crippen molar-refractivity contribution < 1.29 is 47.6 Å². The summed E-state index contributed by atoms with van der Waals surface area (Å²) in [5.41, 5.74) is -1.95. The Morgan fingerprint density at radius 3 is 1.90 bits per heavy atom. The Balaban J connectivity index is 1.99. The number of hydrogen-bond acceptors (Lipinski definition) is 10. The van der Waals surface area contributed by atoms with Gasteiger partial charge in [-0.1, -0.05) is 30.3 Å². The maximum absolute atomic E-state index is 13.0. The van der Waals surface area contributed by atoms with Crippen LogP contribution in [0.25, 0.3) is 0 Å². The number of fused-ring (bicyclic) bond motifs is 1. The van der Waals surface area contributed by atoms with Gasteiger partial charge in [0.15, 0.2) is 18.5 Å². The van der Waals surface area contributed by atoms with Crippen molar-refractivity contribution >= 4 is 23.9 Å². The topological polar surface area (TPSA) is 124 Å². The molecule has 2 heterocycles. The van der Waals surface area contributed by atoms with Crippen LogP contribution >= 0.6 is 0 Å². The molecule has 1 unspecified atom stereocenters. The zero-order valence-corrected chi connectivity index (χ0v) is 24.1. The molecule has 2 saturated heterocycles. The van der Waals surface area contributed by atoms with Gasteiger partial charge in [-0.2, -0.15) is 0 Å². The van der Waals surface area contributed by atoms with Crippen LogP contribution in [0.15, 0.2) is 30.3 Å². The van der Waals surface area contributed by atoms with E-state index in [9.17, 15) is 19.2 Å². The van der Waals surface area contributed by atoms with Crippen molar-refractivity contribution in [2.45, 2.75) is 99.1 Å². The molecule has 0 saturated carbocycles. The highest BCUT2D eigenvalue weighted by atomic mass is 16.8. The molecule has 0 aliphatic carbocycles. The molecule has 10 nitrogen and oxygen atoms in total. The second-order valence-corrected chi connectivity index (χ2v) is 13.0. The highest BCUT2D eigenvalue weighted by Gasteiger charge is 2.59. The SMILES string of the molecule is CC(C)(C)C(=O)OC[C@H](OC(=O)C(C)(C)C)[C@H]1OC(c2ccccc2)O[C@@H]2[C@H]1OC(=O)[C@@H]2OC(=O)C(C)(C)C. The van der Waals surface area contributed by atoms with Crippen LogP contribution in [0.3, 0.4) is 0 Å². The summed E-state index contributed by atoms with van der Waals surface area (Å²) in [6.45, 7) is 14.8. The Labute approximate surface area is 229 Å². The summed E-state index contributed by atoms with van der Waals surface area (Å²) in [6, 6.07) is 8.94. The zero-order chi connectivity index (χ0) is 29.3. The standard InChI is InChI=1S/C29H40O10/c1-27(2,3)24(31)34-15-17(35-25(32)28(4,5)6)18-19-20(38-23(37-18)16-13-11-10-12-14-16)21(22(30)36-19)39-26(33)29(7,8)9/h10-14,17-21,23H,15H2,1-9H3/t17-,18+,19-,20+,21+,23?/m0/s1. The molecule has 10 heteroatoms. The summed E-state index contributed by atoms with van der Waals surface area (Å²) < 4.78 is 34.9. The molecule has 0 aromatic heterocycles. The fourth-order valence-electron chi connectivity index (χ4n) is 3.73. The monoisotopic (exact) mass is 548 g/mol. The van der Waals surface area contributed by atoms with Crippen LogP contribution in [0.2, 0.25) is 0 Å². The Bertz CT molecular complexity index is 1060. The molecule has 2 fully saturated rings. The molecule has 1 aromatic rings. The van der Waals surface area contributed by atoms with E-state index in [0.29, 0.717) is 5.56 Å². The van der Waals surface area contributed by atoms with Crippen LogP contribution in [-0.2, 0) is 47.6 Å². The van der Waals surface area contributed by atoms with Gasteiger partial charge < -0.3 is 28.4 Å². The predicted molar refractivity (Wildman–Crippen MR) is 138 cm³/mol. The van der Waals surface area contributed by atoms with Crippen LogP contribution in [-0.4, -0.2) is 61.0 Å². The van der Waals surface area contributed by atoms with Crippen molar-refractivity contribution in [2.24, 2.45) is 16.2 Å². The van der Waals surface area contributed by atoms with Gasteiger partial charge in [0.1, 0.15) is 18.8 Å². The van der Waals surface area contributed by atoms with Gasteiger partial charge in [-0.05, 0) is 62.3 Å². The van der Waals surface area contributed by atoms with Gasteiger partial charge in [-0.15, -0.1) is 0 Å². The number of ether oxygens (including phenoxy) is 6. The first kappa shape index (κ1) is 30.6. The van der Waals surface area contributed by atoms with Crippen molar-refractivity contribution in [3.05, 3.63) is 35.9 Å². The normalized spacial score (nSPS) is 26.2. The van der Waals surface area contributed by atoms with E-state index in [1.165, 1.54) is 0 Å². The molecule has 0 bridgehead atoms. The van der Waals surface area contributed by atoms with Crippen molar-refractivity contribution in [3.8, 4) is 0 Å². The smallest absolute Gasteiger partial charge is 0.350 e. The fraction of sp³-hybridized carbons (Fsp3) is 0.655. The number of hydrogen-bond donors (Lipinski definition) is 0. The number of rotatable bonds is 6. The summed E-state index contributed by atoms with van der Waals surface area (Å²) in [5, 5.41) is 0. The lowest BCUT2D eigenvalue weighted by molar-refractivity contribution is -0.303. The summed E-state index contributed by atoms with van der Waals surface area (Å²) in [7, 11) is 0. The van der Waals surface area contributed by atoms with Crippen molar-refractivity contribution in [1.29, 1.82) is 0 Å². The van der Waals surface area contributed by atoms with Gasteiger partial charge in [0.2, 0.25) is 6.10 Å². The maximum atomic E-state index is 13.0. The first-order valence-corrected chi connectivity index (χ1v) is 13.1. The highest BCUT2D eigenvalue weighted by molar-refractivity contribution is 5.84. The second kappa shape index (κ2) is 11.3. The minimum absolute atomic E-state index is 0.350. The van der Waals surface area contributed by atoms with E-state index in [1.54, 1.807) is 86.6 Å². The maximum Gasteiger partial charge on any atom is 0.350 e. The number of carbonyl (C=O) groups excluding carboxylic acids is 4. The molecule has 216 valence electrons. The van der Waals surface area contributed by atoms with E-state index < -0.39 is 76.9 Å². The lowest BCUT2D eigenvalue weighted by Gasteiger charge is -2.41. The molecular weight excluding hydrogens is 508 g/mol. The largest absolute Gasteiger partial charge is 0.461 e. The molecule has 1 aromatic carbocycles. The van der Waals surface area contributed by atoms with Crippen molar-refractivity contribution in [2.75, 3.05) is 6.61 Å². The first-order valence-electron chi connectivity index (χ1n) is 13.1. The third kappa shape index (κ3) is 7.36. The highest BCUT2D eigenvalue weighted by Crippen LogP contribution is 2.40. The zero-order valence-electron chi connectivity index (χ0n) is 24.1. The summed E-state index contributed by atoms with van der Waals surface area (Å²) in [5.74, 6) is -2.49. The molecular formula is C29H40O10. The molecule has 6 atom stereocenters. The Hall–Kier alpha value is -2.98. The van der Waals surface area contributed by atoms with Crippen LogP contribution in [0.5, 0.6) is 0 Å². The number of esters is 4. The van der Waals surface area contributed by atoms with E-state index in [4.69, 9.17) is 28.4 Å². The van der Waals surface area contributed by atoms with Gasteiger partial charge in [0, 0.05) is 5.56 Å². The van der Waals surface area contributed by atoms with E-state index >= 15 is 0 Å². The lowest BCUT2D eigenvalue weighted by Crippen LogP contribution is -2.56. The minimum Gasteiger partial charge on any atom is -0.461 e. The molecule has 0 N–H and O–H groups in total. The molecule has 0 amide bonds. The van der Waals surface area contributed by atoms with Gasteiger partial charge in [-0.3, -0.25) is 14.4 Å². The molecule has 2 aliphatic heterocycles. The van der Waals surface area contributed by atoms with Crippen molar-refractivity contribution in [3.63, 3.8) is 0 Å². The quantitative estimate of drug-likeness (QED) is 0.382. The first-order chi connectivity index (χ1) is 17.9. The van der Waals surface area contributed by atoms with Crippen LogP contribution < -0.4 is 0 Å². The van der Waals surface area contributed by atoms with Gasteiger partial charge in [0.05, 0.1) is 16.2 Å². The minimum atomic E-state index is -1.37. The molecule has 0 spiro atoms. The molecule has 2 aliphatic rings. The Morgan fingerprint density at radius 1 is 0.795 bits per heavy atom. The predicted octanol–water partition coefficient (Wildman–Crippen LogP) is 3.90. The van der Waals surface area contributed by atoms with Crippen LogP contribution in [0.4, 0.5) is 0 Å². The van der Waals surface area contributed by atoms with Crippen LogP contribution in [0, 0.1) is 16.2 Å². The van der Waals surface area contributed by atoms with E-state index in [0.717, 1.165) is 0 Å². The van der Waals surface area contributed by atoms with E-state index in [1.807, 2.05) is 6.07 Å². The third-order valence-corrected chi connectivity index (χ3v) is 6.14. The molecule has 39 heavy (non-hydrogen) atoms.